The van der Waals surface area contributed by atoms with Crippen LogP contribution in [0.25, 0.3) is 0 Å². The number of carbonyl (C=O) groups excluding carboxylic acids is 1. The van der Waals surface area contributed by atoms with E-state index in [1.807, 2.05) is 0 Å². The monoisotopic (exact) mass is 287 g/mol. The Hall–Kier alpha value is -2.89. The fourth-order valence-corrected chi connectivity index (χ4v) is 1.75. The van der Waals surface area contributed by atoms with Gasteiger partial charge in [0, 0.05) is 12.1 Å². The number of rotatable bonds is 6. The number of carbonyl (C=O) groups is 1. The molecule has 0 saturated carbocycles. The average molecular weight is 287 g/mol. The van der Waals surface area contributed by atoms with Gasteiger partial charge >= 0.3 is 0 Å². The lowest BCUT2D eigenvalue weighted by Gasteiger charge is -2.09. The van der Waals surface area contributed by atoms with E-state index in [2.05, 4.69) is 0 Å². The van der Waals surface area contributed by atoms with Gasteiger partial charge in [0.1, 0.15) is 18.1 Å². The zero-order valence-electron chi connectivity index (χ0n) is 11.3. The minimum atomic E-state index is -0.460. The maximum absolute atomic E-state index is 11.0. The summed E-state index contributed by atoms with van der Waals surface area (Å²) in [5.41, 5.74) is 1.18. The lowest BCUT2D eigenvalue weighted by Crippen LogP contribution is -1.99. The Morgan fingerprint density at radius 3 is 2.48 bits per heavy atom. The van der Waals surface area contributed by atoms with Crippen LogP contribution >= 0.6 is 0 Å². The van der Waals surface area contributed by atoms with E-state index in [1.165, 1.54) is 19.2 Å². The molecule has 0 atom stereocenters. The summed E-state index contributed by atoms with van der Waals surface area (Å²) in [4.78, 5) is 21.1. The third-order valence-electron chi connectivity index (χ3n) is 2.89. The first kappa shape index (κ1) is 14.5. The van der Waals surface area contributed by atoms with E-state index in [9.17, 15) is 14.9 Å². The molecule has 0 N–H and O–H groups in total. The quantitative estimate of drug-likeness (QED) is 0.463. The zero-order chi connectivity index (χ0) is 15.2. The number of nitro benzene ring substituents is 1. The number of hydrogen-bond acceptors (Lipinski definition) is 5. The number of nitro groups is 1. The molecule has 0 bridgehead atoms. The van der Waals surface area contributed by atoms with Gasteiger partial charge in [0.05, 0.1) is 17.6 Å². The van der Waals surface area contributed by atoms with E-state index in [0.29, 0.717) is 23.3 Å². The number of non-ortho nitro benzene ring substituents is 1. The molecule has 0 unspecified atom stereocenters. The fraction of sp³-hybridized carbons (Fsp3) is 0.133. The Morgan fingerprint density at radius 1 is 1.19 bits per heavy atom. The Balaban J connectivity index is 2.09. The molecule has 0 spiro atoms. The number of benzene rings is 2. The van der Waals surface area contributed by atoms with Crippen LogP contribution in [-0.2, 0) is 6.61 Å². The molecule has 0 fully saturated rings. The van der Waals surface area contributed by atoms with E-state index < -0.39 is 4.92 Å². The highest BCUT2D eigenvalue weighted by molar-refractivity contribution is 5.80. The molecule has 0 saturated heterocycles. The number of nitrogens with zero attached hydrogens (tertiary/aromatic N) is 1. The smallest absolute Gasteiger partial charge is 0.269 e. The maximum atomic E-state index is 11.0. The summed E-state index contributed by atoms with van der Waals surface area (Å²) >= 11 is 0. The summed E-state index contributed by atoms with van der Waals surface area (Å²) in [5.74, 6) is 1.00. The molecule has 0 amide bonds. The molecule has 0 aliphatic rings. The molecule has 6 nitrogen and oxygen atoms in total. The predicted molar refractivity (Wildman–Crippen MR) is 75.8 cm³/mol. The molecule has 0 radical (unpaired) electrons. The molecule has 2 aromatic carbocycles. The maximum Gasteiger partial charge on any atom is 0.269 e. The Labute approximate surface area is 121 Å². The van der Waals surface area contributed by atoms with Crippen LogP contribution in [0.1, 0.15) is 15.9 Å². The second kappa shape index (κ2) is 6.51. The lowest BCUT2D eigenvalue weighted by molar-refractivity contribution is -0.384. The van der Waals surface area contributed by atoms with Crippen molar-refractivity contribution in [2.75, 3.05) is 7.11 Å². The molecular weight excluding hydrogens is 274 g/mol. The van der Waals surface area contributed by atoms with Crippen molar-refractivity contribution in [3.8, 4) is 11.5 Å². The molecule has 0 aromatic heterocycles. The van der Waals surface area contributed by atoms with Crippen molar-refractivity contribution < 1.29 is 19.2 Å². The molecular formula is C15H13NO5. The normalized spacial score (nSPS) is 9.95. The predicted octanol–water partition coefficient (Wildman–Crippen LogP) is 2.99. The first-order chi connectivity index (χ1) is 10.1. The van der Waals surface area contributed by atoms with Gasteiger partial charge in [-0.1, -0.05) is 0 Å². The minimum Gasteiger partial charge on any atom is -0.497 e. The van der Waals surface area contributed by atoms with Crippen molar-refractivity contribution in [1.29, 1.82) is 0 Å². The minimum absolute atomic E-state index is 0.0248. The van der Waals surface area contributed by atoms with Gasteiger partial charge in [-0.15, -0.1) is 0 Å². The first-order valence-corrected chi connectivity index (χ1v) is 6.13. The van der Waals surface area contributed by atoms with E-state index in [4.69, 9.17) is 9.47 Å². The summed E-state index contributed by atoms with van der Waals surface area (Å²) in [6.07, 6.45) is 0.688. The van der Waals surface area contributed by atoms with Crippen molar-refractivity contribution in [3.05, 3.63) is 63.7 Å². The lowest BCUT2D eigenvalue weighted by atomic mass is 10.2. The van der Waals surface area contributed by atoms with Crippen LogP contribution < -0.4 is 9.47 Å². The SMILES string of the molecule is COc1ccc(OCc2ccc([N+](=O)[O-])cc2)c(C=O)c1. The molecule has 2 rings (SSSR count). The number of aldehydes is 1. The van der Waals surface area contributed by atoms with Crippen molar-refractivity contribution in [2.24, 2.45) is 0 Å². The summed E-state index contributed by atoms with van der Waals surface area (Å²) in [6, 6.07) is 11.0. The van der Waals surface area contributed by atoms with E-state index in [-0.39, 0.29) is 12.3 Å². The number of hydrogen-bond donors (Lipinski definition) is 0. The van der Waals surface area contributed by atoms with Crippen molar-refractivity contribution in [2.45, 2.75) is 6.61 Å². The Morgan fingerprint density at radius 2 is 1.90 bits per heavy atom. The standard InChI is InChI=1S/C15H13NO5/c1-20-14-6-7-15(12(8-14)9-17)21-10-11-2-4-13(5-3-11)16(18)19/h2-9H,10H2,1H3. The van der Waals surface area contributed by atoms with E-state index >= 15 is 0 Å². The first-order valence-electron chi connectivity index (χ1n) is 6.13. The highest BCUT2D eigenvalue weighted by Gasteiger charge is 2.07. The van der Waals surface area contributed by atoms with Gasteiger partial charge in [0.25, 0.3) is 5.69 Å². The van der Waals surface area contributed by atoms with Crippen LogP contribution in [0, 0.1) is 10.1 Å². The zero-order valence-corrected chi connectivity index (χ0v) is 11.3. The third kappa shape index (κ3) is 3.56. The highest BCUT2D eigenvalue weighted by Crippen LogP contribution is 2.23. The number of methoxy groups -OCH3 is 1. The fourth-order valence-electron chi connectivity index (χ4n) is 1.75. The van der Waals surface area contributed by atoms with Crippen molar-refractivity contribution >= 4 is 12.0 Å². The van der Waals surface area contributed by atoms with Gasteiger partial charge in [0.15, 0.2) is 6.29 Å². The van der Waals surface area contributed by atoms with Gasteiger partial charge < -0.3 is 9.47 Å². The van der Waals surface area contributed by atoms with E-state index in [0.717, 1.165) is 5.56 Å². The van der Waals surface area contributed by atoms with Gasteiger partial charge in [-0.05, 0) is 35.9 Å². The molecule has 108 valence electrons. The summed E-state index contributed by atoms with van der Waals surface area (Å²) in [5, 5.41) is 10.6. The largest absolute Gasteiger partial charge is 0.497 e. The molecule has 6 heteroatoms. The van der Waals surface area contributed by atoms with Crippen molar-refractivity contribution in [1.82, 2.24) is 0 Å². The Kier molecular flexibility index (Phi) is 4.50. The summed E-state index contributed by atoms with van der Waals surface area (Å²) in [6.45, 7) is 0.213. The van der Waals surface area contributed by atoms with Crippen LogP contribution in [0.15, 0.2) is 42.5 Å². The molecule has 0 heterocycles. The van der Waals surface area contributed by atoms with Crippen LogP contribution in [-0.4, -0.2) is 18.3 Å². The van der Waals surface area contributed by atoms with Crippen molar-refractivity contribution in [3.63, 3.8) is 0 Å². The molecule has 2 aromatic rings. The van der Waals surface area contributed by atoms with E-state index in [1.54, 1.807) is 30.3 Å². The van der Waals surface area contributed by atoms with Gasteiger partial charge in [0.2, 0.25) is 0 Å². The second-order valence-corrected chi connectivity index (χ2v) is 4.23. The van der Waals surface area contributed by atoms with Crippen LogP contribution in [0.5, 0.6) is 11.5 Å². The molecule has 0 aliphatic carbocycles. The van der Waals surface area contributed by atoms with Crippen LogP contribution in [0.3, 0.4) is 0 Å². The molecule has 21 heavy (non-hydrogen) atoms. The number of ether oxygens (including phenoxy) is 2. The van der Waals surface area contributed by atoms with Gasteiger partial charge in [-0.25, -0.2) is 0 Å². The Bertz CT molecular complexity index is 652. The topological polar surface area (TPSA) is 78.7 Å². The molecule has 0 aliphatic heterocycles. The summed E-state index contributed by atoms with van der Waals surface area (Å²) in [7, 11) is 1.52. The highest BCUT2D eigenvalue weighted by atomic mass is 16.6. The van der Waals surface area contributed by atoms with Crippen LogP contribution in [0.4, 0.5) is 5.69 Å². The van der Waals surface area contributed by atoms with Crippen LogP contribution in [0.2, 0.25) is 0 Å². The third-order valence-corrected chi connectivity index (χ3v) is 2.89. The second-order valence-electron chi connectivity index (χ2n) is 4.23. The summed E-state index contributed by atoms with van der Waals surface area (Å²) < 4.78 is 10.6. The average Bonchev–Trinajstić information content (AvgIpc) is 2.53. The van der Waals surface area contributed by atoms with Gasteiger partial charge in [-0.3, -0.25) is 14.9 Å². The van der Waals surface area contributed by atoms with Gasteiger partial charge in [-0.2, -0.15) is 0 Å².